The van der Waals surface area contributed by atoms with E-state index in [1.54, 1.807) is 67.0 Å². The summed E-state index contributed by atoms with van der Waals surface area (Å²) in [5.74, 6) is 0.940. The summed E-state index contributed by atoms with van der Waals surface area (Å²) in [6, 6.07) is 16.8. The van der Waals surface area contributed by atoms with Crippen molar-refractivity contribution in [3.63, 3.8) is 0 Å². The van der Waals surface area contributed by atoms with Gasteiger partial charge in [0.1, 0.15) is 23.1 Å². The average Bonchev–Trinajstić information content (AvgIpc) is 2.92. The molecule has 0 fully saturated rings. The van der Waals surface area contributed by atoms with Gasteiger partial charge in [-0.3, -0.25) is 9.97 Å². The van der Waals surface area contributed by atoms with E-state index in [1.807, 2.05) is 39.0 Å². The Morgan fingerprint density at radius 1 is 0.725 bits per heavy atom. The maximum Gasteiger partial charge on any atom is 0.141 e. The predicted molar refractivity (Wildman–Crippen MR) is 160 cm³/mol. The average molecular weight is 543 g/mol. The minimum atomic E-state index is -0.269. The van der Waals surface area contributed by atoms with Gasteiger partial charge >= 0.3 is 0 Å². The number of hydrogen-bond donors (Lipinski definition) is 1. The van der Waals surface area contributed by atoms with Crippen LogP contribution in [0.25, 0.3) is 24.3 Å². The number of rotatable bonds is 8. The Morgan fingerprint density at radius 3 is 1.65 bits per heavy atom. The fourth-order valence-corrected chi connectivity index (χ4v) is 3.87. The van der Waals surface area contributed by atoms with Gasteiger partial charge in [0.25, 0.3) is 0 Å². The molecule has 0 aliphatic rings. The first kappa shape index (κ1) is 30.2. The first-order valence-corrected chi connectivity index (χ1v) is 13.4. The highest BCUT2D eigenvalue weighted by Crippen LogP contribution is 2.26. The van der Waals surface area contributed by atoms with Crippen LogP contribution in [0.15, 0.2) is 73.1 Å². The molecule has 0 atom stereocenters. The van der Waals surface area contributed by atoms with Crippen LogP contribution < -0.4 is 4.74 Å². The molecule has 0 unspecified atom stereocenters. The molecule has 1 N–H and O–H groups in total. The minimum absolute atomic E-state index is 0.171. The molecule has 0 amide bonds. The summed E-state index contributed by atoms with van der Waals surface area (Å²) < 4.78 is 32.6. The normalized spacial score (nSPS) is 11.3. The summed E-state index contributed by atoms with van der Waals surface area (Å²) in [5, 5.41) is 9.84. The highest BCUT2D eigenvalue weighted by Gasteiger charge is 2.10. The van der Waals surface area contributed by atoms with Crippen molar-refractivity contribution >= 4 is 24.3 Å². The topological polar surface area (TPSA) is 55.2 Å². The van der Waals surface area contributed by atoms with Gasteiger partial charge in [0.15, 0.2) is 0 Å². The van der Waals surface area contributed by atoms with Crippen LogP contribution in [-0.2, 0) is 0 Å². The van der Waals surface area contributed by atoms with Crippen molar-refractivity contribution in [1.82, 2.24) is 9.97 Å². The quantitative estimate of drug-likeness (QED) is 0.241. The van der Waals surface area contributed by atoms with E-state index < -0.39 is 0 Å². The monoisotopic (exact) mass is 542 g/mol. The van der Waals surface area contributed by atoms with Crippen LogP contribution in [-0.4, -0.2) is 21.7 Å². The van der Waals surface area contributed by atoms with E-state index in [1.165, 1.54) is 12.1 Å². The molecule has 0 bridgehead atoms. The molecule has 4 nitrogen and oxygen atoms in total. The summed E-state index contributed by atoms with van der Waals surface area (Å²) in [6.45, 7) is 10.7. The summed E-state index contributed by atoms with van der Waals surface area (Å²) in [4.78, 5) is 8.68. The second-order valence-electron chi connectivity index (χ2n) is 9.78. The highest BCUT2D eigenvalue weighted by atomic mass is 19.1. The number of hydrogen-bond acceptors (Lipinski definition) is 4. The molecule has 0 saturated heterocycles. The number of nitrogens with zero attached hydrogens (tertiary/aromatic N) is 2. The van der Waals surface area contributed by atoms with Gasteiger partial charge in [-0.25, -0.2) is 8.78 Å². The second kappa shape index (κ2) is 14.7. The van der Waals surface area contributed by atoms with Crippen LogP contribution in [0.3, 0.4) is 0 Å². The molecule has 0 spiro atoms. The number of halogens is 2. The number of aromatic nitrogens is 2. The largest absolute Gasteiger partial charge is 0.506 e. The Kier molecular flexibility index (Phi) is 11.1. The lowest BCUT2D eigenvalue weighted by molar-refractivity contribution is 0.333. The van der Waals surface area contributed by atoms with Crippen molar-refractivity contribution in [2.24, 2.45) is 0 Å². The molecule has 208 valence electrons. The third-order valence-corrected chi connectivity index (χ3v) is 5.94. The summed E-state index contributed by atoms with van der Waals surface area (Å²) in [5.41, 5.74) is 4.32. The maximum absolute atomic E-state index is 13.6. The van der Waals surface area contributed by atoms with Gasteiger partial charge < -0.3 is 9.84 Å². The molecule has 4 aromatic rings. The van der Waals surface area contributed by atoms with Crippen molar-refractivity contribution < 1.29 is 18.6 Å². The number of aromatic hydroxyl groups is 1. The lowest BCUT2D eigenvalue weighted by Crippen LogP contribution is -2.01. The summed E-state index contributed by atoms with van der Waals surface area (Å²) in [7, 11) is 0. The maximum atomic E-state index is 13.6. The molecule has 0 aliphatic heterocycles. The fourth-order valence-electron chi connectivity index (χ4n) is 3.87. The highest BCUT2D eigenvalue weighted by molar-refractivity contribution is 5.71. The van der Waals surface area contributed by atoms with Crippen molar-refractivity contribution in [2.45, 2.75) is 46.5 Å². The molecule has 0 aliphatic carbocycles. The van der Waals surface area contributed by atoms with Gasteiger partial charge in [-0.1, -0.05) is 88.4 Å². The van der Waals surface area contributed by atoms with Crippen molar-refractivity contribution in [3.8, 4) is 11.5 Å². The predicted octanol–water partition coefficient (Wildman–Crippen LogP) is 9.13. The molecule has 0 saturated carbocycles. The Hall–Kier alpha value is -4.32. The van der Waals surface area contributed by atoms with Gasteiger partial charge in [0, 0.05) is 23.5 Å². The van der Waals surface area contributed by atoms with Gasteiger partial charge in [0.05, 0.1) is 18.0 Å². The zero-order valence-corrected chi connectivity index (χ0v) is 23.6. The van der Waals surface area contributed by atoms with E-state index in [-0.39, 0.29) is 23.3 Å². The SMILES string of the molecule is CC(C)c1ncc(/C=C/c2ccccc2F)cc1O.CCOc1cc(/C=C/c2ccccc2F)cnc1C(C)C. The summed E-state index contributed by atoms with van der Waals surface area (Å²) >= 11 is 0. The molecular formula is C34H36F2N2O2. The van der Waals surface area contributed by atoms with E-state index in [4.69, 9.17) is 4.74 Å². The zero-order chi connectivity index (χ0) is 29.1. The molecule has 6 heteroatoms. The third kappa shape index (κ3) is 8.60. The van der Waals surface area contributed by atoms with Crippen molar-refractivity contribution in [3.05, 3.63) is 118 Å². The smallest absolute Gasteiger partial charge is 0.141 e. The Bertz CT molecular complexity index is 1460. The van der Waals surface area contributed by atoms with Gasteiger partial charge in [0.2, 0.25) is 0 Å². The fraction of sp³-hybridized carbons (Fsp3) is 0.235. The van der Waals surface area contributed by atoms with Gasteiger partial charge in [-0.2, -0.15) is 0 Å². The van der Waals surface area contributed by atoms with Gasteiger partial charge in [-0.15, -0.1) is 0 Å². The number of benzene rings is 2. The zero-order valence-electron chi connectivity index (χ0n) is 23.6. The first-order valence-electron chi connectivity index (χ1n) is 13.4. The van der Waals surface area contributed by atoms with Crippen LogP contribution in [0.1, 0.15) is 80.1 Å². The standard InChI is InChI=1S/C18H20FNO.C16H16FNO/c1-4-21-17-11-14(12-20-18(17)13(2)3)9-10-15-7-5-6-8-16(15)19;1-11(2)16-15(19)9-12(10-18-16)7-8-13-5-3-4-6-14(13)17/h5-13H,4H2,1-3H3;3-11,19H,1-2H3/b10-9+;8-7+. The Labute approximate surface area is 235 Å². The molecule has 2 aromatic heterocycles. The summed E-state index contributed by atoms with van der Waals surface area (Å²) in [6.07, 6.45) is 10.5. The van der Waals surface area contributed by atoms with Crippen molar-refractivity contribution in [1.29, 1.82) is 0 Å². The van der Waals surface area contributed by atoms with E-state index in [2.05, 4.69) is 23.8 Å². The van der Waals surface area contributed by atoms with Crippen LogP contribution >= 0.6 is 0 Å². The minimum Gasteiger partial charge on any atom is -0.506 e. The van der Waals surface area contributed by atoms with Crippen LogP contribution in [0.2, 0.25) is 0 Å². The lowest BCUT2D eigenvalue weighted by Gasteiger charge is -2.12. The number of pyridine rings is 2. The van der Waals surface area contributed by atoms with E-state index in [0.29, 0.717) is 29.3 Å². The van der Waals surface area contributed by atoms with Crippen LogP contribution in [0, 0.1) is 11.6 Å². The lowest BCUT2D eigenvalue weighted by atomic mass is 10.1. The molecular weight excluding hydrogens is 506 g/mol. The molecule has 2 aromatic carbocycles. The van der Waals surface area contributed by atoms with Crippen LogP contribution in [0.4, 0.5) is 8.78 Å². The van der Waals surface area contributed by atoms with Crippen molar-refractivity contribution in [2.75, 3.05) is 6.61 Å². The van der Waals surface area contributed by atoms with E-state index in [0.717, 1.165) is 22.6 Å². The Balaban J connectivity index is 0.000000222. The molecule has 0 radical (unpaired) electrons. The third-order valence-electron chi connectivity index (χ3n) is 5.94. The van der Waals surface area contributed by atoms with Crippen LogP contribution in [0.5, 0.6) is 11.5 Å². The van der Waals surface area contributed by atoms with E-state index >= 15 is 0 Å². The van der Waals surface area contributed by atoms with Gasteiger partial charge in [-0.05, 0) is 54.2 Å². The van der Waals surface area contributed by atoms with E-state index in [9.17, 15) is 13.9 Å². The molecule has 2 heterocycles. The number of ether oxygens (including phenoxy) is 1. The molecule has 4 rings (SSSR count). The Morgan fingerprint density at radius 2 is 1.20 bits per heavy atom. The first-order chi connectivity index (χ1) is 19.2. The molecule has 40 heavy (non-hydrogen) atoms. The second-order valence-corrected chi connectivity index (χ2v) is 9.78.